The molecule has 0 aromatic carbocycles. The van der Waals surface area contributed by atoms with Gasteiger partial charge in [0.05, 0.1) is 0 Å². The molecule has 0 bridgehead atoms. The van der Waals surface area contributed by atoms with Crippen LogP contribution in [-0.4, -0.2) is 39.6 Å². The van der Waals surface area contributed by atoms with Gasteiger partial charge in [-0.05, 0) is 49.3 Å². The third-order valence-electron chi connectivity index (χ3n) is 3.36. The van der Waals surface area contributed by atoms with Gasteiger partial charge in [-0.15, -0.1) is 11.3 Å². The van der Waals surface area contributed by atoms with Crippen molar-refractivity contribution >= 4 is 33.1 Å². The molecule has 1 aromatic rings. The Bertz CT molecular complexity index is 538. The second kappa shape index (κ2) is 7.97. The minimum Gasteiger partial charge on any atom is -0.314 e. The molecule has 1 aliphatic carbocycles. The number of hydrogen-bond donors (Lipinski definition) is 2. The highest BCUT2D eigenvalue weighted by molar-refractivity contribution is 7.98. The molecule has 1 aliphatic rings. The summed E-state index contributed by atoms with van der Waals surface area (Å²) in [5, 5.41) is 3.45. The summed E-state index contributed by atoms with van der Waals surface area (Å²) < 4.78 is 27.6. The first-order valence-corrected chi connectivity index (χ1v) is 11.0. The Balaban J connectivity index is 1.82. The zero-order valence-electron chi connectivity index (χ0n) is 12.6. The van der Waals surface area contributed by atoms with Gasteiger partial charge in [-0.25, -0.2) is 13.1 Å². The van der Waals surface area contributed by atoms with Crippen LogP contribution in [0.4, 0.5) is 0 Å². The fourth-order valence-electron chi connectivity index (χ4n) is 1.99. The molecule has 1 fully saturated rings. The standard InChI is InChI=1S/C14H24N2O2S3/c1-11(10-19-2)9-16-21(17,18)14-6-5-13(20-14)7-8-15-12-3-4-12/h5-6,11-12,15-16H,3-4,7-10H2,1-2H3. The Morgan fingerprint density at radius 1 is 1.43 bits per heavy atom. The van der Waals surface area contributed by atoms with Crippen LogP contribution in [0, 0.1) is 5.92 Å². The molecule has 0 spiro atoms. The molecule has 0 aliphatic heterocycles. The molecule has 1 unspecified atom stereocenters. The predicted molar refractivity (Wildman–Crippen MR) is 91.8 cm³/mol. The van der Waals surface area contributed by atoms with Crippen molar-refractivity contribution in [3.63, 3.8) is 0 Å². The second-order valence-corrected chi connectivity index (χ2v) is 9.68. The molecule has 0 radical (unpaired) electrons. The highest BCUT2D eigenvalue weighted by atomic mass is 32.2. The Hall–Kier alpha value is -0.0800. The topological polar surface area (TPSA) is 58.2 Å². The maximum atomic E-state index is 12.2. The van der Waals surface area contributed by atoms with Gasteiger partial charge >= 0.3 is 0 Å². The van der Waals surface area contributed by atoms with Crippen molar-refractivity contribution in [3.8, 4) is 0 Å². The zero-order chi connectivity index (χ0) is 15.3. The molecule has 4 nitrogen and oxygen atoms in total. The number of thiophene rings is 1. The van der Waals surface area contributed by atoms with E-state index in [0.29, 0.717) is 22.7 Å². The SMILES string of the molecule is CSCC(C)CNS(=O)(=O)c1ccc(CCNC2CC2)s1. The van der Waals surface area contributed by atoms with Crippen molar-refractivity contribution in [1.82, 2.24) is 10.0 Å². The fraction of sp³-hybridized carbons (Fsp3) is 0.714. The summed E-state index contributed by atoms with van der Waals surface area (Å²) in [4.78, 5) is 1.13. The van der Waals surface area contributed by atoms with Gasteiger partial charge in [-0.3, -0.25) is 0 Å². The monoisotopic (exact) mass is 348 g/mol. The highest BCUT2D eigenvalue weighted by Crippen LogP contribution is 2.23. The first-order valence-electron chi connectivity index (χ1n) is 7.32. The van der Waals surface area contributed by atoms with E-state index in [0.717, 1.165) is 23.6 Å². The Kier molecular flexibility index (Phi) is 6.55. The van der Waals surface area contributed by atoms with Crippen LogP contribution in [0.5, 0.6) is 0 Å². The molecular formula is C14H24N2O2S3. The molecule has 1 heterocycles. The molecule has 2 N–H and O–H groups in total. The lowest BCUT2D eigenvalue weighted by Gasteiger charge is -2.10. The average molecular weight is 349 g/mol. The number of hydrogen-bond acceptors (Lipinski definition) is 5. The molecule has 2 rings (SSSR count). The minimum absolute atomic E-state index is 0.344. The summed E-state index contributed by atoms with van der Waals surface area (Å²) in [7, 11) is -3.34. The van der Waals surface area contributed by atoms with Crippen LogP contribution >= 0.6 is 23.1 Å². The molecular weight excluding hydrogens is 324 g/mol. The summed E-state index contributed by atoms with van der Waals surface area (Å²) in [6.45, 7) is 3.49. The van der Waals surface area contributed by atoms with Crippen molar-refractivity contribution in [2.24, 2.45) is 5.92 Å². The third-order valence-corrected chi connectivity index (χ3v) is 7.32. The van der Waals surface area contributed by atoms with Gasteiger partial charge in [0.25, 0.3) is 0 Å². The van der Waals surface area contributed by atoms with Crippen molar-refractivity contribution in [3.05, 3.63) is 17.0 Å². The van der Waals surface area contributed by atoms with Crippen LogP contribution in [-0.2, 0) is 16.4 Å². The van der Waals surface area contributed by atoms with Crippen molar-refractivity contribution in [2.75, 3.05) is 25.1 Å². The number of thioether (sulfide) groups is 1. The Morgan fingerprint density at radius 3 is 2.86 bits per heavy atom. The largest absolute Gasteiger partial charge is 0.314 e. The van der Waals surface area contributed by atoms with Crippen molar-refractivity contribution in [1.29, 1.82) is 0 Å². The molecule has 1 saturated carbocycles. The van der Waals surface area contributed by atoms with E-state index in [2.05, 4.69) is 17.0 Å². The molecule has 1 atom stereocenters. The van der Waals surface area contributed by atoms with E-state index in [9.17, 15) is 8.42 Å². The highest BCUT2D eigenvalue weighted by Gasteiger charge is 2.20. The van der Waals surface area contributed by atoms with E-state index in [1.165, 1.54) is 24.2 Å². The van der Waals surface area contributed by atoms with Gasteiger partial charge in [-0.1, -0.05) is 6.92 Å². The van der Waals surface area contributed by atoms with Gasteiger partial charge in [-0.2, -0.15) is 11.8 Å². The fourth-order valence-corrected chi connectivity index (χ4v) is 5.24. The molecule has 1 aromatic heterocycles. The number of sulfonamides is 1. The van der Waals surface area contributed by atoms with Crippen LogP contribution in [0.2, 0.25) is 0 Å². The van der Waals surface area contributed by atoms with Gasteiger partial charge in [0.15, 0.2) is 0 Å². The van der Waals surface area contributed by atoms with Crippen LogP contribution in [0.25, 0.3) is 0 Å². The number of rotatable bonds is 10. The summed E-state index contributed by atoms with van der Waals surface area (Å²) >= 11 is 3.12. The van der Waals surface area contributed by atoms with Crippen molar-refractivity contribution in [2.45, 2.75) is 36.4 Å². The molecule has 21 heavy (non-hydrogen) atoms. The average Bonchev–Trinajstić information content (AvgIpc) is 3.12. The lowest BCUT2D eigenvalue weighted by Crippen LogP contribution is -2.28. The maximum Gasteiger partial charge on any atom is 0.250 e. The van der Waals surface area contributed by atoms with Crippen LogP contribution in [0.3, 0.4) is 0 Å². The summed E-state index contributed by atoms with van der Waals surface area (Å²) in [5.74, 6) is 1.31. The molecule has 7 heteroatoms. The lowest BCUT2D eigenvalue weighted by molar-refractivity contribution is 0.564. The summed E-state index contributed by atoms with van der Waals surface area (Å²) in [5.41, 5.74) is 0. The van der Waals surface area contributed by atoms with E-state index in [1.54, 1.807) is 17.8 Å². The van der Waals surface area contributed by atoms with Gasteiger partial charge < -0.3 is 5.32 Å². The zero-order valence-corrected chi connectivity index (χ0v) is 15.0. The van der Waals surface area contributed by atoms with E-state index >= 15 is 0 Å². The van der Waals surface area contributed by atoms with Crippen LogP contribution < -0.4 is 10.0 Å². The molecule has 0 amide bonds. The van der Waals surface area contributed by atoms with Crippen LogP contribution in [0.15, 0.2) is 16.3 Å². The molecule has 0 saturated heterocycles. The van der Waals surface area contributed by atoms with E-state index in [4.69, 9.17) is 0 Å². The third kappa shape index (κ3) is 5.90. The van der Waals surface area contributed by atoms with E-state index < -0.39 is 10.0 Å². The van der Waals surface area contributed by atoms with Crippen molar-refractivity contribution < 1.29 is 8.42 Å². The first-order chi connectivity index (χ1) is 10.0. The van der Waals surface area contributed by atoms with E-state index in [-0.39, 0.29) is 0 Å². The van der Waals surface area contributed by atoms with Gasteiger partial charge in [0.2, 0.25) is 10.0 Å². The minimum atomic E-state index is -3.34. The smallest absolute Gasteiger partial charge is 0.250 e. The van der Waals surface area contributed by atoms with Crippen LogP contribution in [0.1, 0.15) is 24.6 Å². The van der Waals surface area contributed by atoms with Gasteiger partial charge in [0.1, 0.15) is 4.21 Å². The normalized spacial score (nSPS) is 17.0. The maximum absolute atomic E-state index is 12.2. The van der Waals surface area contributed by atoms with Gasteiger partial charge in [0, 0.05) is 24.0 Å². The van der Waals surface area contributed by atoms with E-state index in [1.807, 2.05) is 12.3 Å². The lowest BCUT2D eigenvalue weighted by atomic mass is 10.2. The summed E-state index contributed by atoms with van der Waals surface area (Å²) in [6.07, 6.45) is 5.50. The Morgan fingerprint density at radius 2 is 2.19 bits per heavy atom. The number of nitrogens with one attached hydrogen (secondary N) is 2. The quantitative estimate of drug-likeness (QED) is 0.681. The predicted octanol–water partition coefficient (Wildman–Crippen LogP) is 2.32. The Labute approximate surface area is 136 Å². The first kappa shape index (κ1) is 17.3. The summed E-state index contributed by atoms with van der Waals surface area (Å²) in [6, 6.07) is 4.35. The second-order valence-electron chi connectivity index (χ2n) is 5.61. The molecule has 120 valence electrons.